The summed E-state index contributed by atoms with van der Waals surface area (Å²) in [5.41, 5.74) is 0. The Morgan fingerprint density at radius 1 is 1.18 bits per heavy atom. The van der Waals surface area contributed by atoms with Gasteiger partial charge in [0.15, 0.2) is 0 Å². The van der Waals surface area contributed by atoms with E-state index in [1.807, 2.05) is 0 Å². The Kier molecular flexibility index (Phi) is 3.44. The van der Waals surface area contributed by atoms with Crippen LogP contribution in [0.2, 0.25) is 0 Å². The fourth-order valence-electron chi connectivity index (χ4n) is 0.418. The van der Waals surface area contributed by atoms with Crippen LogP contribution in [0.5, 0.6) is 0 Å². The smallest absolute Gasteiger partial charge is 0.317 e. The molecule has 0 aliphatic rings. The lowest BCUT2D eigenvalue weighted by Crippen LogP contribution is -2.13. The third-order valence-corrected chi connectivity index (χ3v) is 0.755. The van der Waals surface area contributed by atoms with Crippen LogP contribution in [0.3, 0.4) is 0 Å². The van der Waals surface area contributed by atoms with Gasteiger partial charge in [-0.1, -0.05) is 0 Å². The van der Waals surface area contributed by atoms with Gasteiger partial charge in [-0.05, 0) is 13.8 Å². The monoisotopic (exact) mass is 162 g/mol. The number of carbonyl (C=O) groups is 2. The first-order valence-corrected chi connectivity index (χ1v) is 3.31. The molecule has 0 atom stereocenters. The number of ether oxygens (including phenoxy) is 2. The summed E-state index contributed by atoms with van der Waals surface area (Å²) in [6.07, 6.45) is -2.70. The second kappa shape index (κ2) is 5.70. The molecule has 0 N–H and O–H groups in total. The van der Waals surface area contributed by atoms with E-state index in [0.717, 1.165) is 0 Å². The Hall–Kier alpha value is -1.06. The molecule has 0 amide bonds. The maximum atomic E-state index is 10.9. The van der Waals surface area contributed by atoms with Gasteiger partial charge in [-0.25, -0.2) is 0 Å². The third-order valence-electron chi connectivity index (χ3n) is 0.755. The normalized spacial score (nSPS) is 12.9. The molecular weight excluding hydrogens is 148 g/mol. The van der Waals surface area contributed by atoms with E-state index in [-0.39, 0.29) is 13.2 Å². The van der Waals surface area contributed by atoms with Gasteiger partial charge in [-0.15, -0.1) is 0 Å². The van der Waals surface area contributed by atoms with Gasteiger partial charge in [0.25, 0.3) is 0 Å². The summed E-state index contributed by atoms with van der Waals surface area (Å²) in [5, 5.41) is 0. The molecule has 64 valence electrons. The average Bonchev–Trinajstić information content (AvgIpc) is 2.05. The summed E-state index contributed by atoms with van der Waals surface area (Å²) in [5.74, 6) is -2.43. The standard InChI is InChI=1S/C7H12O4/c1-3-10-6(8)5-7(9)11-4-2/h3-5H2,1-2H3/i5D2. The molecule has 0 aromatic carbocycles. The molecule has 0 aromatic heterocycles. The molecule has 0 fully saturated rings. The zero-order chi connectivity index (χ0) is 10.5. The van der Waals surface area contributed by atoms with Gasteiger partial charge >= 0.3 is 11.9 Å². The molecule has 0 aliphatic heterocycles. The highest BCUT2D eigenvalue weighted by atomic mass is 16.5. The molecule has 0 rings (SSSR count). The van der Waals surface area contributed by atoms with Crippen LogP contribution in [-0.2, 0) is 19.1 Å². The zero-order valence-corrected chi connectivity index (χ0v) is 6.55. The molecule has 0 aliphatic carbocycles. The number of rotatable bonds is 4. The van der Waals surface area contributed by atoms with Crippen molar-refractivity contribution in [1.82, 2.24) is 0 Å². The van der Waals surface area contributed by atoms with E-state index in [1.54, 1.807) is 0 Å². The zero-order valence-electron chi connectivity index (χ0n) is 8.55. The minimum absolute atomic E-state index is 0.0255. The van der Waals surface area contributed by atoms with Crippen LogP contribution < -0.4 is 0 Å². The second-order valence-corrected chi connectivity index (χ2v) is 1.57. The Morgan fingerprint density at radius 3 is 1.82 bits per heavy atom. The van der Waals surface area contributed by atoms with Crippen molar-refractivity contribution in [3.05, 3.63) is 0 Å². The summed E-state index contributed by atoms with van der Waals surface area (Å²) in [4.78, 5) is 21.8. The molecule has 0 saturated heterocycles. The first kappa shape index (κ1) is 6.64. The van der Waals surface area contributed by atoms with Crippen LogP contribution in [0.15, 0.2) is 0 Å². The van der Waals surface area contributed by atoms with E-state index in [9.17, 15) is 9.59 Å². The minimum atomic E-state index is -2.70. The minimum Gasteiger partial charge on any atom is -0.466 e. The van der Waals surface area contributed by atoms with Crippen molar-refractivity contribution in [3.63, 3.8) is 0 Å². The first-order valence-electron chi connectivity index (χ1n) is 4.31. The summed E-state index contributed by atoms with van der Waals surface area (Å²) >= 11 is 0. The molecule has 4 nitrogen and oxygen atoms in total. The lowest BCUT2D eigenvalue weighted by atomic mass is 10.4. The number of esters is 2. The Labute approximate surface area is 68.3 Å². The number of hydrogen-bond acceptors (Lipinski definition) is 4. The molecule has 0 radical (unpaired) electrons. The van der Waals surface area contributed by atoms with E-state index in [4.69, 9.17) is 2.74 Å². The SMILES string of the molecule is [2H]C([2H])(C(=O)OCC)C(=O)OCC. The maximum Gasteiger partial charge on any atom is 0.317 e. The molecule has 0 bridgehead atoms. The molecule has 11 heavy (non-hydrogen) atoms. The molecular formula is C7H12O4. The predicted molar refractivity (Wildman–Crippen MR) is 37.9 cm³/mol. The number of hydrogen-bond donors (Lipinski definition) is 0. The number of carbonyl (C=O) groups excluding carboxylic acids is 2. The van der Waals surface area contributed by atoms with Gasteiger partial charge in [0.05, 0.1) is 16.0 Å². The van der Waals surface area contributed by atoms with Crippen molar-refractivity contribution in [2.24, 2.45) is 0 Å². The highest BCUT2D eigenvalue weighted by Crippen LogP contribution is 1.89. The van der Waals surface area contributed by atoms with Crippen molar-refractivity contribution >= 4 is 11.9 Å². The van der Waals surface area contributed by atoms with Crippen LogP contribution in [0, 0.1) is 0 Å². The van der Waals surface area contributed by atoms with E-state index < -0.39 is 18.3 Å². The molecule has 4 heteroatoms. The van der Waals surface area contributed by atoms with E-state index >= 15 is 0 Å². The van der Waals surface area contributed by atoms with Gasteiger partial charge < -0.3 is 9.47 Å². The summed E-state index contributed by atoms with van der Waals surface area (Å²) in [6.45, 7) is 3.10. The topological polar surface area (TPSA) is 52.6 Å². The highest BCUT2D eigenvalue weighted by Gasteiger charge is 2.09. The van der Waals surface area contributed by atoms with Crippen LogP contribution >= 0.6 is 0 Å². The lowest BCUT2D eigenvalue weighted by Gasteiger charge is -2.00. The van der Waals surface area contributed by atoms with Gasteiger partial charge in [0, 0.05) is 0 Å². The maximum absolute atomic E-state index is 10.9. The van der Waals surface area contributed by atoms with Crippen LogP contribution in [0.4, 0.5) is 0 Å². The summed E-state index contributed by atoms with van der Waals surface area (Å²) in [6, 6.07) is 0. The van der Waals surface area contributed by atoms with Gasteiger partial charge in [-0.2, -0.15) is 0 Å². The van der Waals surface area contributed by atoms with Crippen LogP contribution in [-0.4, -0.2) is 25.2 Å². The Balaban J connectivity index is 4.36. The van der Waals surface area contributed by atoms with Crippen molar-refractivity contribution in [2.45, 2.75) is 20.2 Å². The van der Waals surface area contributed by atoms with Gasteiger partial charge in [0.1, 0.15) is 6.37 Å². The average molecular weight is 162 g/mol. The second-order valence-electron chi connectivity index (χ2n) is 1.57. The molecule has 0 unspecified atom stereocenters. The highest BCUT2D eigenvalue weighted by molar-refractivity contribution is 5.91. The van der Waals surface area contributed by atoms with Crippen molar-refractivity contribution in [2.75, 3.05) is 13.2 Å². The summed E-state index contributed by atoms with van der Waals surface area (Å²) < 4.78 is 22.8. The fourth-order valence-corrected chi connectivity index (χ4v) is 0.418. The Bertz CT molecular complexity index is 183. The predicted octanol–water partition coefficient (Wildman–Crippen LogP) is 0.503. The van der Waals surface area contributed by atoms with E-state index in [1.165, 1.54) is 13.8 Å². The van der Waals surface area contributed by atoms with Crippen molar-refractivity contribution in [3.8, 4) is 0 Å². The quantitative estimate of drug-likeness (QED) is 0.446. The van der Waals surface area contributed by atoms with Crippen LogP contribution in [0.1, 0.15) is 23.0 Å². The van der Waals surface area contributed by atoms with Crippen molar-refractivity contribution in [1.29, 1.82) is 0 Å². The molecule has 0 saturated carbocycles. The molecule has 0 heterocycles. The van der Waals surface area contributed by atoms with Gasteiger partial charge in [-0.3, -0.25) is 9.59 Å². The van der Waals surface area contributed by atoms with Crippen LogP contribution in [0.25, 0.3) is 0 Å². The molecule has 0 aromatic rings. The van der Waals surface area contributed by atoms with E-state index in [0.29, 0.717) is 0 Å². The largest absolute Gasteiger partial charge is 0.466 e. The Morgan fingerprint density at radius 2 is 1.55 bits per heavy atom. The van der Waals surface area contributed by atoms with E-state index in [2.05, 4.69) is 9.47 Å². The summed E-state index contributed by atoms with van der Waals surface area (Å²) in [7, 11) is 0. The fraction of sp³-hybridized carbons (Fsp3) is 0.714. The first-order chi connectivity index (χ1) is 5.96. The van der Waals surface area contributed by atoms with Gasteiger partial charge in [0.2, 0.25) is 0 Å². The third kappa shape index (κ3) is 5.39. The lowest BCUT2D eigenvalue weighted by molar-refractivity contribution is -0.153. The van der Waals surface area contributed by atoms with Crippen molar-refractivity contribution < 1.29 is 21.8 Å². The molecule has 0 spiro atoms.